The van der Waals surface area contributed by atoms with Crippen LogP contribution in [0.3, 0.4) is 0 Å². The first kappa shape index (κ1) is 15.7. The number of aliphatic hydroxyl groups excluding tert-OH is 1. The van der Waals surface area contributed by atoms with Gasteiger partial charge in [-0.1, -0.05) is 37.3 Å². The molecule has 0 aliphatic carbocycles. The van der Waals surface area contributed by atoms with Gasteiger partial charge in [0.2, 0.25) is 0 Å². The predicted octanol–water partition coefficient (Wildman–Crippen LogP) is 2.86. The molecule has 2 N–H and O–H groups in total. The van der Waals surface area contributed by atoms with Crippen LogP contribution in [0.15, 0.2) is 42.7 Å². The first-order valence-electron chi connectivity index (χ1n) is 7.54. The molecule has 0 fully saturated rings. The van der Waals surface area contributed by atoms with E-state index in [1.165, 1.54) is 0 Å². The number of nitrogens with zero attached hydrogens (tertiary/aromatic N) is 2. The van der Waals surface area contributed by atoms with Gasteiger partial charge in [0.1, 0.15) is 5.82 Å². The molecule has 4 nitrogen and oxygen atoms in total. The van der Waals surface area contributed by atoms with Gasteiger partial charge >= 0.3 is 0 Å². The van der Waals surface area contributed by atoms with Gasteiger partial charge < -0.3 is 15.0 Å². The Kier molecular flexibility index (Phi) is 5.15. The third-order valence-electron chi connectivity index (χ3n) is 3.87. The van der Waals surface area contributed by atoms with Crippen molar-refractivity contribution in [3.63, 3.8) is 0 Å². The molecule has 1 aromatic heterocycles. The largest absolute Gasteiger partial charge is 0.394 e. The van der Waals surface area contributed by atoms with Gasteiger partial charge in [0.05, 0.1) is 6.61 Å². The predicted molar refractivity (Wildman–Crippen MR) is 86.2 cm³/mol. The third kappa shape index (κ3) is 3.71. The van der Waals surface area contributed by atoms with Crippen LogP contribution in [0, 0.1) is 0 Å². The summed E-state index contributed by atoms with van der Waals surface area (Å²) in [5.74, 6) is 0.972. The van der Waals surface area contributed by atoms with Gasteiger partial charge in [0, 0.05) is 29.5 Å². The second-order valence-corrected chi connectivity index (χ2v) is 5.83. The van der Waals surface area contributed by atoms with Gasteiger partial charge in [-0.25, -0.2) is 4.98 Å². The molecule has 0 aliphatic heterocycles. The van der Waals surface area contributed by atoms with E-state index in [9.17, 15) is 5.11 Å². The number of rotatable bonds is 7. The summed E-state index contributed by atoms with van der Waals surface area (Å²) in [5.41, 5.74) is 0.843. The molecule has 0 spiro atoms. The van der Waals surface area contributed by atoms with Crippen LogP contribution in [-0.4, -0.2) is 33.3 Å². The van der Waals surface area contributed by atoms with Crippen LogP contribution in [0.1, 0.15) is 33.2 Å². The van der Waals surface area contributed by atoms with E-state index in [4.69, 9.17) is 0 Å². The molecule has 0 radical (unpaired) electrons. The van der Waals surface area contributed by atoms with Crippen LogP contribution in [0.5, 0.6) is 0 Å². The van der Waals surface area contributed by atoms with E-state index in [1.807, 2.05) is 30.6 Å². The molecule has 1 aromatic carbocycles. The topological polar surface area (TPSA) is 50.1 Å². The zero-order chi connectivity index (χ0) is 15.3. The fourth-order valence-electron chi connectivity index (χ4n) is 2.85. The van der Waals surface area contributed by atoms with Crippen LogP contribution >= 0.6 is 0 Å². The number of hydrogen-bond donors (Lipinski definition) is 2. The number of hydrogen-bond acceptors (Lipinski definition) is 3. The van der Waals surface area contributed by atoms with Gasteiger partial charge in [-0.05, 0) is 26.8 Å². The SMILES string of the molecule is CCNC(C)(CO)CC(C)n1ccnc1-c1ccccc1. The lowest BCUT2D eigenvalue weighted by molar-refractivity contribution is 0.153. The first-order valence-corrected chi connectivity index (χ1v) is 7.54. The Bertz CT molecular complexity index is 552. The van der Waals surface area contributed by atoms with Gasteiger partial charge in [-0.3, -0.25) is 0 Å². The number of imidazole rings is 1. The molecular formula is C17H25N3O. The second kappa shape index (κ2) is 6.87. The van der Waals surface area contributed by atoms with Crippen LogP contribution in [0.25, 0.3) is 11.4 Å². The van der Waals surface area contributed by atoms with Crippen molar-refractivity contribution in [2.75, 3.05) is 13.2 Å². The van der Waals surface area contributed by atoms with Crippen molar-refractivity contribution >= 4 is 0 Å². The molecule has 0 amide bonds. The van der Waals surface area contributed by atoms with E-state index in [-0.39, 0.29) is 18.2 Å². The average Bonchev–Trinajstić information content (AvgIpc) is 2.98. The lowest BCUT2D eigenvalue weighted by atomic mass is 9.94. The van der Waals surface area contributed by atoms with E-state index in [2.05, 4.69) is 47.8 Å². The zero-order valence-corrected chi connectivity index (χ0v) is 13.1. The summed E-state index contributed by atoms with van der Waals surface area (Å²) in [4.78, 5) is 4.49. The van der Waals surface area contributed by atoms with Crippen LogP contribution in [-0.2, 0) is 0 Å². The summed E-state index contributed by atoms with van der Waals surface area (Å²) >= 11 is 0. The smallest absolute Gasteiger partial charge is 0.140 e. The molecular weight excluding hydrogens is 262 g/mol. The van der Waals surface area contributed by atoms with E-state index < -0.39 is 0 Å². The quantitative estimate of drug-likeness (QED) is 0.823. The van der Waals surface area contributed by atoms with Crippen LogP contribution < -0.4 is 5.32 Å². The van der Waals surface area contributed by atoms with Gasteiger partial charge in [-0.2, -0.15) is 0 Å². The molecule has 2 atom stereocenters. The van der Waals surface area contributed by atoms with E-state index in [0.29, 0.717) is 0 Å². The molecule has 21 heavy (non-hydrogen) atoms. The highest BCUT2D eigenvalue weighted by Crippen LogP contribution is 2.26. The molecule has 2 rings (SSSR count). The summed E-state index contributed by atoms with van der Waals surface area (Å²) in [6.07, 6.45) is 4.69. The van der Waals surface area contributed by atoms with E-state index in [1.54, 1.807) is 0 Å². The molecule has 1 heterocycles. The van der Waals surface area contributed by atoms with E-state index >= 15 is 0 Å². The Balaban J connectivity index is 2.21. The van der Waals surface area contributed by atoms with Crippen molar-refractivity contribution < 1.29 is 5.11 Å². The average molecular weight is 287 g/mol. The summed E-state index contributed by atoms with van der Waals surface area (Å²) in [6, 6.07) is 10.4. The normalized spacial score (nSPS) is 15.6. The number of aliphatic hydroxyl groups is 1. The zero-order valence-electron chi connectivity index (χ0n) is 13.1. The fraction of sp³-hybridized carbons (Fsp3) is 0.471. The highest BCUT2D eigenvalue weighted by Gasteiger charge is 2.26. The van der Waals surface area contributed by atoms with Crippen LogP contribution in [0.4, 0.5) is 0 Å². The lowest BCUT2D eigenvalue weighted by Gasteiger charge is -2.32. The monoisotopic (exact) mass is 287 g/mol. The number of aromatic nitrogens is 2. The van der Waals surface area contributed by atoms with Gasteiger partial charge in [-0.15, -0.1) is 0 Å². The first-order chi connectivity index (χ1) is 10.1. The number of benzene rings is 1. The Morgan fingerprint density at radius 2 is 2.05 bits per heavy atom. The molecule has 0 aliphatic rings. The van der Waals surface area contributed by atoms with Crippen molar-refractivity contribution in [1.29, 1.82) is 0 Å². The molecule has 2 aromatic rings. The standard InChI is InChI=1S/C17H25N3O/c1-4-19-17(3,13-21)12-14(2)20-11-10-18-16(20)15-8-6-5-7-9-15/h5-11,14,19,21H,4,12-13H2,1-3H3. The van der Waals surface area contributed by atoms with Crippen molar-refractivity contribution in [1.82, 2.24) is 14.9 Å². The number of nitrogens with one attached hydrogen (secondary N) is 1. The molecule has 0 bridgehead atoms. The van der Waals surface area contributed by atoms with E-state index in [0.717, 1.165) is 24.4 Å². The summed E-state index contributed by atoms with van der Waals surface area (Å²) in [7, 11) is 0. The summed E-state index contributed by atoms with van der Waals surface area (Å²) < 4.78 is 2.18. The maximum Gasteiger partial charge on any atom is 0.140 e. The summed E-state index contributed by atoms with van der Waals surface area (Å²) in [6.45, 7) is 7.26. The van der Waals surface area contributed by atoms with Crippen molar-refractivity contribution in [3.05, 3.63) is 42.7 Å². The van der Waals surface area contributed by atoms with Gasteiger partial charge in [0.15, 0.2) is 0 Å². The molecule has 0 saturated heterocycles. The van der Waals surface area contributed by atoms with Crippen molar-refractivity contribution in [2.24, 2.45) is 0 Å². The Morgan fingerprint density at radius 3 is 2.67 bits per heavy atom. The lowest BCUT2D eigenvalue weighted by Crippen LogP contribution is -2.47. The minimum atomic E-state index is -0.271. The third-order valence-corrected chi connectivity index (χ3v) is 3.87. The Hall–Kier alpha value is -1.65. The molecule has 0 saturated carbocycles. The maximum absolute atomic E-state index is 9.66. The highest BCUT2D eigenvalue weighted by molar-refractivity contribution is 5.55. The molecule has 114 valence electrons. The molecule has 2 unspecified atom stereocenters. The molecule has 4 heteroatoms. The maximum atomic E-state index is 9.66. The van der Waals surface area contributed by atoms with Crippen LogP contribution in [0.2, 0.25) is 0 Å². The minimum absolute atomic E-state index is 0.126. The summed E-state index contributed by atoms with van der Waals surface area (Å²) in [5, 5.41) is 13.0. The Morgan fingerprint density at radius 1 is 1.33 bits per heavy atom. The minimum Gasteiger partial charge on any atom is -0.394 e. The van der Waals surface area contributed by atoms with Crippen molar-refractivity contribution in [3.8, 4) is 11.4 Å². The fourth-order valence-corrected chi connectivity index (χ4v) is 2.85. The highest BCUT2D eigenvalue weighted by atomic mass is 16.3. The number of likely N-dealkylation sites (N-methyl/N-ethyl adjacent to an activating group) is 1. The van der Waals surface area contributed by atoms with Gasteiger partial charge in [0.25, 0.3) is 0 Å². The second-order valence-electron chi connectivity index (χ2n) is 5.83. The Labute approximate surface area is 126 Å². The van der Waals surface area contributed by atoms with Crippen molar-refractivity contribution in [2.45, 2.75) is 38.8 Å².